The van der Waals surface area contributed by atoms with Crippen LogP contribution in [-0.2, 0) is 18.5 Å². The predicted octanol–water partition coefficient (Wildman–Crippen LogP) is 2.02. The number of methoxy groups -OCH3 is 1. The molecule has 98 valence electrons. The van der Waals surface area contributed by atoms with Crippen LogP contribution in [0, 0.1) is 5.92 Å². The molecule has 0 saturated heterocycles. The summed E-state index contributed by atoms with van der Waals surface area (Å²) >= 11 is 0. The maximum atomic E-state index is 10.6. The highest BCUT2D eigenvalue weighted by Crippen LogP contribution is 2.08. The first-order valence-electron chi connectivity index (χ1n) is 5.39. The maximum absolute atomic E-state index is 10.6. The monoisotopic (exact) mass is 272 g/mol. The summed E-state index contributed by atoms with van der Waals surface area (Å²) in [5.41, 5.74) is 0. The summed E-state index contributed by atoms with van der Waals surface area (Å²) in [6, 6.07) is 0. The fourth-order valence-electron chi connectivity index (χ4n) is 1.21. The average molecular weight is 273 g/mol. The van der Waals surface area contributed by atoms with E-state index in [1.165, 1.54) is 0 Å². The number of ether oxygens (including phenoxy) is 2. The second kappa shape index (κ2) is 8.28. The minimum absolute atomic E-state index is 0.00847. The van der Waals surface area contributed by atoms with Gasteiger partial charge in [0.25, 0.3) is 0 Å². The van der Waals surface area contributed by atoms with Gasteiger partial charge in [-0.3, -0.25) is 0 Å². The topological polar surface area (TPSA) is 52.6 Å². The summed E-state index contributed by atoms with van der Waals surface area (Å²) in [6.45, 7) is 5.23. The lowest BCUT2D eigenvalue weighted by molar-refractivity contribution is -0.0277. The Balaban J connectivity index is 3.63. The van der Waals surface area contributed by atoms with E-state index in [-0.39, 0.29) is 11.9 Å². The SMILES string of the molecule is COCC(OCCCCS(=O)(=O)Cl)C(C)C. The fourth-order valence-corrected chi connectivity index (χ4v) is 2.08. The molecule has 0 saturated carbocycles. The molecule has 4 nitrogen and oxygen atoms in total. The first kappa shape index (κ1) is 16.2. The summed E-state index contributed by atoms with van der Waals surface area (Å²) < 4.78 is 31.9. The van der Waals surface area contributed by atoms with Crippen LogP contribution in [0.25, 0.3) is 0 Å². The second-order valence-corrected chi connectivity index (χ2v) is 6.96. The molecule has 0 amide bonds. The van der Waals surface area contributed by atoms with Crippen molar-refractivity contribution >= 4 is 19.7 Å². The third kappa shape index (κ3) is 9.39. The van der Waals surface area contributed by atoms with Crippen LogP contribution in [0.3, 0.4) is 0 Å². The number of unbranched alkanes of at least 4 members (excludes halogenated alkanes) is 1. The van der Waals surface area contributed by atoms with Crippen molar-refractivity contribution < 1.29 is 17.9 Å². The van der Waals surface area contributed by atoms with Gasteiger partial charge in [0.1, 0.15) is 0 Å². The number of hydrogen-bond acceptors (Lipinski definition) is 4. The Kier molecular flexibility index (Phi) is 8.36. The van der Waals surface area contributed by atoms with Crippen LogP contribution in [0.1, 0.15) is 26.7 Å². The summed E-state index contributed by atoms with van der Waals surface area (Å²) in [4.78, 5) is 0. The van der Waals surface area contributed by atoms with Crippen molar-refractivity contribution in [3.8, 4) is 0 Å². The number of hydrogen-bond donors (Lipinski definition) is 0. The Morgan fingerprint density at radius 2 is 1.88 bits per heavy atom. The number of halogens is 1. The summed E-state index contributed by atoms with van der Waals surface area (Å²) in [5, 5.41) is 0. The molecule has 0 aromatic carbocycles. The van der Waals surface area contributed by atoms with Gasteiger partial charge < -0.3 is 9.47 Å². The average Bonchev–Trinajstić information content (AvgIpc) is 2.13. The molecule has 0 aliphatic carbocycles. The van der Waals surface area contributed by atoms with Crippen LogP contribution in [0.15, 0.2) is 0 Å². The van der Waals surface area contributed by atoms with Crippen LogP contribution < -0.4 is 0 Å². The highest BCUT2D eigenvalue weighted by Gasteiger charge is 2.13. The normalized spacial score (nSPS) is 14.3. The van der Waals surface area contributed by atoms with Crippen LogP contribution in [0.4, 0.5) is 0 Å². The molecular formula is C10H21ClO4S. The van der Waals surface area contributed by atoms with E-state index < -0.39 is 9.05 Å². The third-order valence-electron chi connectivity index (χ3n) is 2.19. The van der Waals surface area contributed by atoms with Crippen LogP contribution in [-0.4, -0.2) is 40.6 Å². The first-order valence-corrected chi connectivity index (χ1v) is 7.87. The smallest absolute Gasteiger partial charge is 0.232 e. The maximum Gasteiger partial charge on any atom is 0.232 e. The lowest BCUT2D eigenvalue weighted by Gasteiger charge is -2.20. The molecule has 0 N–H and O–H groups in total. The van der Waals surface area contributed by atoms with Gasteiger partial charge in [0.05, 0.1) is 18.5 Å². The molecule has 0 radical (unpaired) electrons. The quantitative estimate of drug-likeness (QED) is 0.476. The zero-order valence-electron chi connectivity index (χ0n) is 10.1. The van der Waals surface area contributed by atoms with Crippen molar-refractivity contribution in [2.45, 2.75) is 32.8 Å². The van der Waals surface area contributed by atoms with Gasteiger partial charge in [-0.2, -0.15) is 0 Å². The van der Waals surface area contributed by atoms with Gasteiger partial charge in [-0.15, -0.1) is 0 Å². The molecule has 0 fully saturated rings. The van der Waals surface area contributed by atoms with E-state index in [1.54, 1.807) is 7.11 Å². The Labute approximate surface area is 103 Å². The van der Waals surface area contributed by atoms with Gasteiger partial charge in [-0.05, 0) is 18.8 Å². The number of rotatable bonds is 9. The van der Waals surface area contributed by atoms with E-state index in [0.717, 1.165) is 0 Å². The summed E-state index contributed by atoms with van der Waals surface area (Å²) in [6.07, 6.45) is 1.29. The van der Waals surface area contributed by atoms with Gasteiger partial charge in [0, 0.05) is 24.4 Å². The molecule has 0 rings (SSSR count). The van der Waals surface area contributed by atoms with Crippen LogP contribution in [0.2, 0.25) is 0 Å². The van der Waals surface area contributed by atoms with E-state index in [2.05, 4.69) is 13.8 Å². The molecule has 0 heterocycles. The van der Waals surface area contributed by atoms with E-state index in [4.69, 9.17) is 20.2 Å². The van der Waals surface area contributed by atoms with E-state index in [1.807, 2.05) is 0 Å². The van der Waals surface area contributed by atoms with E-state index in [0.29, 0.717) is 32.0 Å². The van der Waals surface area contributed by atoms with Crippen molar-refractivity contribution in [2.75, 3.05) is 26.1 Å². The van der Waals surface area contributed by atoms with Crippen LogP contribution in [0.5, 0.6) is 0 Å². The molecular weight excluding hydrogens is 252 g/mol. The van der Waals surface area contributed by atoms with Crippen LogP contribution >= 0.6 is 10.7 Å². The fraction of sp³-hybridized carbons (Fsp3) is 1.00. The van der Waals surface area contributed by atoms with Gasteiger partial charge >= 0.3 is 0 Å². The molecule has 1 atom stereocenters. The lowest BCUT2D eigenvalue weighted by atomic mass is 10.1. The van der Waals surface area contributed by atoms with Crippen molar-refractivity contribution in [3.05, 3.63) is 0 Å². The lowest BCUT2D eigenvalue weighted by Crippen LogP contribution is -2.25. The molecule has 0 aromatic heterocycles. The first-order chi connectivity index (χ1) is 7.37. The molecule has 0 bridgehead atoms. The minimum atomic E-state index is -3.36. The molecule has 6 heteroatoms. The third-order valence-corrected chi connectivity index (χ3v) is 3.43. The van der Waals surface area contributed by atoms with Crippen molar-refractivity contribution in [1.82, 2.24) is 0 Å². The summed E-state index contributed by atoms with van der Waals surface area (Å²) in [7, 11) is 3.36. The molecule has 16 heavy (non-hydrogen) atoms. The second-order valence-electron chi connectivity index (χ2n) is 4.06. The zero-order chi connectivity index (χ0) is 12.6. The van der Waals surface area contributed by atoms with Gasteiger partial charge in [-0.1, -0.05) is 13.8 Å². The highest BCUT2D eigenvalue weighted by atomic mass is 35.7. The Bertz CT molecular complexity index is 264. The molecule has 1 unspecified atom stereocenters. The highest BCUT2D eigenvalue weighted by molar-refractivity contribution is 8.13. The largest absolute Gasteiger partial charge is 0.382 e. The predicted molar refractivity (Wildman–Crippen MR) is 65.3 cm³/mol. The van der Waals surface area contributed by atoms with Gasteiger partial charge in [0.15, 0.2) is 0 Å². The molecule has 0 aliphatic heterocycles. The van der Waals surface area contributed by atoms with Gasteiger partial charge in [0.2, 0.25) is 9.05 Å². The molecule has 0 aliphatic rings. The Morgan fingerprint density at radius 3 is 2.31 bits per heavy atom. The minimum Gasteiger partial charge on any atom is -0.382 e. The Hall–Kier alpha value is 0.160. The standard InChI is InChI=1S/C10H21ClO4S/c1-9(2)10(8-14-3)15-6-4-5-7-16(11,12)13/h9-10H,4-8H2,1-3H3. The molecule has 0 aromatic rings. The van der Waals surface area contributed by atoms with Crippen molar-refractivity contribution in [1.29, 1.82) is 0 Å². The Morgan fingerprint density at radius 1 is 1.25 bits per heavy atom. The van der Waals surface area contributed by atoms with Crippen molar-refractivity contribution in [3.63, 3.8) is 0 Å². The van der Waals surface area contributed by atoms with E-state index >= 15 is 0 Å². The molecule has 0 spiro atoms. The van der Waals surface area contributed by atoms with E-state index in [9.17, 15) is 8.42 Å². The summed E-state index contributed by atoms with van der Waals surface area (Å²) in [5.74, 6) is 0.394. The van der Waals surface area contributed by atoms with Crippen molar-refractivity contribution in [2.24, 2.45) is 5.92 Å². The van der Waals surface area contributed by atoms with Gasteiger partial charge in [-0.25, -0.2) is 8.42 Å². The zero-order valence-corrected chi connectivity index (χ0v) is 11.7.